The lowest BCUT2D eigenvalue weighted by Gasteiger charge is -2.34. The normalized spacial score (nSPS) is 16.9. The van der Waals surface area contributed by atoms with Crippen LogP contribution in [0.15, 0.2) is 42.7 Å². The van der Waals surface area contributed by atoms with E-state index in [2.05, 4.69) is 24.7 Å². The molecular weight excluding hydrogens is 651 g/mol. The maximum atomic E-state index is 11.4. The van der Waals surface area contributed by atoms with Gasteiger partial charge in [0.25, 0.3) is 0 Å². The van der Waals surface area contributed by atoms with Crippen LogP contribution < -0.4 is 9.64 Å². The number of carboxylic acids is 1. The van der Waals surface area contributed by atoms with E-state index in [0.29, 0.717) is 52.2 Å². The number of halogens is 2. The Morgan fingerprint density at radius 3 is 2.26 bits per heavy atom. The number of sulfone groups is 1. The molecule has 0 saturated carbocycles. The number of aromatic nitrogens is 3. The smallest absolute Gasteiger partial charge is 0.303 e. The van der Waals surface area contributed by atoms with Crippen LogP contribution in [0.3, 0.4) is 0 Å². The van der Waals surface area contributed by atoms with E-state index in [-0.39, 0.29) is 12.2 Å². The van der Waals surface area contributed by atoms with Gasteiger partial charge in [0.1, 0.15) is 9.84 Å². The highest BCUT2D eigenvalue weighted by Crippen LogP contribution is 2.31. The van der Waals surface area contributed by atoms with Gasteiger partial charge in [-0.25, -0.2) is 23.4 Å². The van der Waals surface area contributed by atoms with Gasteiger partial charge in [-0.1, -0.05) is 23.2 Å². The van der Waals surface area contributed by atoms with Crippen LogP contribution in [0, 0.1) is 5.92 Å². The summed E-state index contributed by atoms with van der Waals surface area (Å²) in [6.45, 7) is 6.39. The largest absolute Gasteiger partial charge is 0.481 e. The van der Waals surface area contributed by atoms with E-state index in [0.717, 1.165) is 76.2 Å². The minimum absolute atomic E-state index is 0.207. The van der Waals surface area contributed by atoms with Crippen LogP contribution in [-0.2, 0) is 21.2 Å². The molecule has 3 aromatic rings. The van der Waals surface area contributed by atoms with Gasteiger partial charge in [0.15, 0.2) is 5.75 Å². The summed E-state index contributed by atoms with van der Waals surface area (Å²) in [4.78, 5) is 31.6. The van der Waals surface area contributed by atoms with Crippen molar-refractivity contribution in [1.29, 1.82) is 0 Å². The molecule has 0 radical (unpaired) electrons. The third-order valence-corrected chi connectivity index (χ3v) is 9.85. The average molecular weight is 692 g/mol. The molecule has 2 aromatic heterocycles. The van der Waals surface area contributed by atoms with Crippen LogP contribution in [0.2, 0.25) is 10.0 Å². The number of carbonyl (C=O) groups is 1. The lowest BCUT2D eigenvalue weighted by atomic mass is 9.92. The number of pyridine rings is 1. The Kier molecular flexibility index (Phi) is 11.7. The first-order valence-electron chi connectivity index (χ1n) is 15.6. The zero-order chi connectivity index (χ0) is 32.7. The van der Waals surface area contributed by atoms with Crippen molar-refractivity contribution in [1.82, 2.24) is 24.8 Å². The number of nitrogens with zero attached hydrogens (tertiary/aromatic N) is 6. The van der Waals surface area contributed by atoms with Gasteiger partial charge in [0.2, 0.25) is 11.8 Å². The first-order chi connectivity index (χ1) is 22.0. The average Bonchev–Trinajstić information content (AvgIpc) is 3.00. The van der Waals surface area contributed by atoms with Gasteiger partial charge in [-0.3, -0.25) is 14.6 Å². The molecule has 0 amide bonds. The maximum absolute atomic E-state index is 11.4. The number of piperazine rings is 1. The number of hydrogen-bond acceptors (Lipinski definition) is 10. The van der Waals surface area contributed by atoms with E-state index in [1.54, 1.807) is 18.5 Å². The first kappa shape index (κ1) is 34.3. The number of anilines is 1. The second-order valence-corrected chi connectivity index (χ2v) is 15.3. The Hall–Kier alpha value is -3.03. The van der Waals surface area contributed by atoms with Crippen LogP contribution in [0.5, 0.6) is 11.6 Å². The van der Waals surface area contributed by atoms with Crippen molar-refractivity contribution < 1.29 is 23.1 Å². The van der Waals surface area contributed by atoms with Gasteiger partial charge in [-0.05, 0) is 81.1 Å². The van der Waals surface area contributed by atoms with Crippen LogP contribution in [0.4, 0.5) is 5.95 Å². The summed E-state index contributed by atoms with van der Waals surface area (Å²) in [7, 11) is -2.94. The highest BCUT2D eigenvalue weighted by atomic mass is 35.5. The predicted octanol–water partition coefficient (Wildman–Crippen LogP) is 5.27. The summed E-state index contributed by atoms with van der Waals surface area (Å²) in [5, 5.41) is 10.1. The first-order valence-corrected chi connectivity index (χ1v) is 18.4. The van der Waals surface area contributed by atoms with Crippen molar-refractivity contribution >= 4 is 45.0 Å². The zero-order valence-corrected chi connectivity index (χ0v) is 28.3. The molecule has 4 heterocycles. The number of likely N-dealkylation sites (tertiary alicyclic amines) is 1. The predicted molar refractivity (Wildman–Crippen MR) is 180 cm³/mol. The molecule has 0 aliphatic carbocycles. The summed E-state index contributed by atoms with van der Waals surface area (Å²) in [5.74, 6) is 1.39. The number of ether oxygens (including phenoxy) is 1. The number of carboxylic acid groups (broad SMARTS) is 1. The molecule has 14 heteroatoms. The highest BCUT2D eigenvalue weighted by Gasteiger charge is 2.22. The van der Waals surface area contributed by atoms with Gasteiger partial charge in [-0.2, -0.15) is 0 Å². The second-order valence-electron chi connectivity index (χ2n) is 12.1. The number of rotatable bonds is 13. The van der Waals surface area contributed by atoms with Gasteiger partial charge in [-0.15, -0.1) is 0 Å². The Bertz CT molecular complexity index is 1570. The third-order valence-electron chi connectivity index (χ3n) is 8.38. The molecule has 0 atom stereocenters. The number of benzene rings is 1. The molecule has 2 aliphatic heterocycles. The van der Waals surface area contributed by atoms with Crippen molar-refractivity contribution in [3.63, 3.8) is 0 Å². The molecule has 2 aliphatic rings. The Morgan fingerprint density at radius 2 is 1.63 bits per heavy atom. The second kappa shape index (κ2) is 15.7. The van der Waals surface area contributed by atoms with Crippen LogP contribution in [0.25, 0.3) is 11.3 Å². The summed E-state index contributed by atoms with van der Waals surface area (Å²) in [6, 6.07) is 9.26. The quantitative estimate of drug-likeness (QED) is 0.252. The summed E-state index contributed by atoms with van der Waals surface area (Å²) >= 11 is 12.6. The van der Waals surface area contributed by atoms with E-state index in [1.807, 2.05) is 24.3 Å². The molecule has 2 fully saturated rings. The highest BCUT2D eigenvalue weighted by molar-refractivity contribution is 7.90. The van der Waals surface area contributed by atoms with E-state index >= 15 is 0 Å². The molecule has 1 N–H and O–H groups in total. The fourth-order valence-electron chi connectivity index (χ4n) is 5.94. The molecule has 0 unspecified atom stereocenters. The van der Waals surface area contributed by atoms with Gasteiger partial charge < -0.3 is 14.7 Å². The minimum atomic E-state index is -2.94. The minimum Gasteiger partial charge on any atom is -0.481 e. The van der Waals surface area contributed by atoms with E-state index < -0.39 is 15.8 Å². The molecule has 46 heavy (non-hydrogen) atoms. The van der Waals surface area contributed by atoms with E-state index in [9.17, 15) is 13.2 Å². The van der Waals surface area contributed by atoms with Crippen molar-refractivity contribution in [2.75, 3.05) is 62.7 Å². The fourth-order valence-corrected chi connectivity index (χ4v) is 7.12. The fraction of sp³-hybridized carbons (Fsp3) is 0.500. The molecular formula is C32H40Cl2N6O5S. The van der Waals surface area contributed by atoms with Crippen LogP contribution in [0.1, 0.15) is 37.7 Å². The topological polar surface area (TPSA) is 129 Å². The number of aliphatic carboxylic acids is 1. The van der Waals surface area contributed by atoms with E-state index in [1.165, 1.54) is 6.26 Å². The van der Waals surface area contributed by atoms with Crippen molar-refractivity contribution in [3.8, 4) is 22.9 Å². The van der Waals surface area contributed by atoms with Crippen molar-refractivity contribution in [2.24, 2.45) is 5.92 Å². The molecule has 0 bridgehead atoms. The molecule has 11 nitrogen and oxygen atoms in total. The summed E-state index contributed by atoms with van der Waals surface area (Å²) in [6.07, 6.45) is 8.09. The Labute approximate surface area is 280 Å². The standard InChI is InChI=1S/C32H40Cl2N6O5S/c1-46(43,44)14-2-7-38-10-12-40(13-11-38)32-35-20-28(21-36-32)45-30-16-24(15-29(37-30)25-17-26(33)19-27(34)18-25)22-39-8-5-23(6-9-39)3-4-31(41)42/h15-21,23H,2-14,22H2,1H3,(H,41,42). The third kappa shape index (κ3) is 10.5. The number of piperidine rings is 1. The molecule has 248 valence electrons. The maximum Gasteiger partial charge on any atom is 0.303 e. The van der Waals surface area contributed by atoms with Gasteiger partial charge in [0.05, 0.1) is 23.8 Å². The molecule has 2 saturated heterocycles. The lowest BCUT2D eigenvalue weighted by Crippen LogP contribution is -2.47. The van der Waals surface area contributed by atoms with Crippen LogP contribution >= 0.6 is 23.2 Å². The van der Waals surface area contributed by atoms with Gasteiger partial charge >= 0.3 is 5.97 Å². The Morgan fingerprint density at radius 1 is 0.957 bits per heavy atom. The Balaban J connectivity index is 1.24. The molecule has 1 aromatic carbocycles. The monoisotopic (exact) mass is 690 g/mol. The van der Waals surface area contributed by atoms with E-state index in [4.69, 9.17) is 38.0 Å². The lowest BCUT2D eigenvalue weighted by molar-refractivity contribution is -0.137. The summed E-state index contributed by atoms with van der Waals surface area (Å²) in [5.41, 5.74) is 2.48. The molecule has 0 spiro atoms. The SMILES string of the molecule is CS(=O)(=O)CCCN1CCN(c2ncc(Oc3cc(CN4CCC(CCC(=O)O)CC4)cc(-c4cc(Cl)cc(Cl)c4)n3)cn2)CC1. The van der Waals surface area contributed by atoms with Crippen molar-refractivity contribution in [2.45, 2.75) is 38.6 Å². The number of hydrogen-bond donors (Lipinski definition) is 1. The zero-order valence-electron chi connectivity index (χ0n) is 25.9. The van der Waals surface area contributed by atoms with Crippen molar-refractivity contribution in [3.05, 3.63) is 58.3 Å². The van der Waals surface area contributed by atoms with Gasteiger partial charge in [0, 0.05) is 67.1 Å². The summed E-state index contributed by atoms with van der Waals surface area (Å²) < 4.78 is 29.0. The van der Waals surface area contributed by atoms with Crippen LogP contribution in [-0.4, -0.2) is 102 Å². The molecule has 5 rings (SSSR count).